The molecule has 2 unspecified atom stereocenters. The third-order valence-corrected chi connectivity index (χ3v) is 2.66. The summed E-state index contributed by atoms with van der Waals surface area (Å²) in [5.41, 5.74) is 5.55. The maximum Gasteiger partial charge on any atom is 0.199 e. The molecule has 2 rings (SSSR count). The van der Waals surface area contributed by atoms with Gasteiger partial charge in [0.15, 0.2) is 5.89 Å². The van der Waals surface area contributed by atoms with Crippen molar-refractivity contribution < 1.29 is 9.15 Å². The summed E-state index contributed by atoms with van der Waals surface area (Å²) in [5, 5.41) is 0. The van der Waals surface area contributed by atoms with Gasteiger partial charge in [0, 0.05) is 19.1 Å². The topological polar surface area (TPSA) is 61.3 Å². The van der Waals surface area contributed by atoms with E-state index in [9.17, 15) is 0 Å². The largest absolute Gasteiger partial charge is 0.445 e. The Kier molecular flexibility index (Phi) is 2.84. The lowest BCUT2D eigenvalue weighted by atomic mass is 10.1. The molecule has 1 aromatic heterocycles. The average Bonchev–Trinajstić information content (AvgIpc) is 2.86. The van der Waals surface area contributed by atoms with E-state index in [1.807, 2.05) is 6.92 Å². The van der Waals surface area contributed by atoms with Gasteiger partial charge in [-0.05, 0) is 6.42 Å². The molecule has 2 N–H and O–H groups in total. The van der Waals surface area contributed by atoms with Gasteiger partial charge < -0.3 is 14.9 Å². The van der Waals surface area contributed by atoms with Crippen molar-refractivity contribution in [3.63, 3.8) is 0 Å². The normalized spacial score (nSPS) is 24.0. The van der Waals surface area contributed by atoms with Crippen molar-refractivity contribution in [2.75, 3.05) is 19.8 Å². The molecule has 0 saturated carbocycles. The Hall–Kier alpha value is -0.870. The van der Waals surface area contributed by atoms with Crippen molar-refractivity contribution >= 4 is 0 Å². The average molecular weight is 196 g/mol. The van der Waals surface area contributed by atoms with Gasteiger partial charge in [-0.3, -0.25) is 0 Å². The first-order valence-corrected chi connectivity index (χ1v) is 5.04. The van der Waals surface area contributed by atoms with Crippen LogP contribution in [0.3, 0.4) is 0 Å². The molecular weight excluding hydrogens is 180 g/mol. The summed E-state index contributed by atoms with van der Waals surface area (Å²) in [6, 6.07) is 0. The van der Waals surface area contributed by atoms with Crippen LogP contribution >= 0.6 is 0 Å². The fourth-order valence-corrected chi connectivity index (χ4v) is 1.56. The van der Waals surface area contributed by atoms with E-state index in [0.717, 1.165) is 31.3 Å². The molecule has 78 valence electrons. The monoisotopic (exact) mass is 196 g/mol. The zero-order valence-corrected chi connectivity index (χ0v) is 8.40. The molecule has 4 nitrogen and oxygen atoms in total. The van der Waals surface area contributed by atoms with Crippen molar-refractivity contribution in [1.82, 2.24) is 4.98 Å². The van der Waals surface area contributed by atoms with E-state index >= 15 is 0 Å². The van der Waals surface area contributed by atoms with Gasteiger partial charge in [0.25, 0.3) is 0 Å². The number of aromatic nitrogens is 1. The summed E-state index contributed by atoms with van der Waals surface area (Å²) in [6.07, 6.45) is 2.79. The van der Waals surface area contributed by atoms with Crippen molar-refractivity contribution in [3.8, 4) is 0 Å². The highest BCUT2D eigenvalue weighted by atomic mass is 16.5. The number of nitrogens with zero attached hydrogens (tertiary/aromatic N) is 1. The summed E-state index contributed by atoms with van der Waals surface area (Å²) in [5.74, 6) is 2.28. The Morgan fingerprint density at radius 2 is 2.57 bits per heavy atom. The van der Waals surface area contributed by atoms with Gasteiger partial charge in [0.1, 0.15) is 5.76 Å². The molecule has 1 aliphatic rings. The van der Waals surface area contributed by atoms with Gasteiger partial charge in [-0.1, -0.05) is 6.92 Å². The molecule has 2 atom stereocenters. The molecule has 1 aromatic rings. The Labute approximate surface area is 83.4 Å². The van der Waals surface area contributed by atoms with Crippen LogP contribution in [-0.2, 0) is 4.74 Å². The second-order valence-electron chi connectivity index (χ2n) is 3.80. The number of rotatable bonds is 3. The predicted molar refractivity (Wildman–Crippen MR) is 52.1 cm³/mol. The minimum absolute atomic E-state index is 0.249. The maximum absolute atomic E-state index is 5.65. The Bertz CT molecular complexity index is 292. The summed E-state index contributed by atoms with van der Waals surface area (Å²) in [7, 11) is 0. The molecule has 2 heterocycles. The van der Waals surface area contributed by atoms with Crippen molar-refractivity contribution in [2.24, 2.45) is 5.73 Å². The van der Waals surface area contributed by atoms with Crippen molar-refractivity contribution in [3.05, 3.63) is 17.8 Å². The maximum atomic E-state index is 5.65. The number of hydrogen-bond donors (Lipinski definition) is 1. The number of hydrogen-bond acceptors (Lipinski definition) is 4. The van der Waals surface area contributed by atoms with Gasteiger partial charge in [0.05, 0.1) is 18.7 Å². The highest BCUT2D eigenvalue weighted by molar-refractivity contribution is 5.04. The molecule has 0 amide bonds. The molecule has 1 saturated heterocycles. The molecule has 1 aliphatic heterocycles. The smallest absolute Gasteiger partial charge is 0.199 e. The SMILES string of the molecule is CC(CN)c1cnc(C2CCOC2)o1. The fourth-order valence-electron chi connectivity index (χ4n) is 1.56. The molecule has 0 spiro atoms. The highest BCUT2D eigenvalue weighted by Gasteiger charge is 2.23. The molecule has 0 aromatic carbocycles. The number of ether oxygens (including phenoxy) is 1. The summed E-state index contributed by atoms with van der Waals surface area (Å²) in [4.78, 5) is 4.26. The molecule has 0 radical (unpaired) electrons. The van der Waals surface area contributed by atoms with Crippen molar-refractivity contribution in [1.29, 1.82) is 0 Å². The molecule has 1 fully saturated rings. The first-order valence-electron chi connectivity index (χ1n) is 5.04. The lowest BCUT2D eigenvalue weighted by Crippen LogP contribution is -2.07. The molecular formula is C10H16N2O2. The summed E-state index contributed by atoms with van der Waals surface area (Å²) >= 11 is 0. The van der Waals surface area contributed by atoms with Gasteiger partial charge in [-0.25, -0.2) is 4.98 Å². The first-order chi connectivity index (χ1) is 6.81. The number of oxazole rings is 1. The standard InChI is InChI=1S/C10H16N2O2/c1-7(4-11)9-5-12-10(14-9)8-2-3-13-6-8/h5,7-8H,2-4,6,11H2,1H3. The number of nitrogens with two attached hydrogens (primary N) is 1. The van der Waals surface area contributed by atoms with Crippen molar-refractivity contribution in [2.45, 2.75) is 25.2 Å². The van der Waals surface area contributed by atoms with E-state index in [2.05, 4.69) is 4.98 Å². The van der Waals surface area contributed by atoms with Gasteiger partial charge >= 0.3 is 0 Å². The summed E-state index contributed by atoms with van der Waals surface area (Å²) in [6.45, 7) is 4.18. The van der Waals surface area contributed by atoms with Crippen LogP contribution in [0, 0.1) is 0 Å². The molecule has 0 aliphatic carbocycles. The van der Waals surface area contributed by atoms with Crippen LogP contribution in [-0.4, -0.2) is 24.7 Å². The van der Waals surface area contributed by atoms with Crippen LogP contribution in [0.5, 0.6) is 0 Å². The van der Waals surface area contributed by atoms with Crippen LogP contribution in [0.25, 0.3) is 0 Å². The highest BCUT2D eigenvalue weighted by Crippen LogP contribution is 2.26. The van der Waals surface area contributed by atoms with Gasteiger partial charge in [0.2, 0.25) is 0 Å². The Morgan fingerprint density at radius 3 is 3.21 bits per heavy atom. The van der Waals surface area contributed by atoms with E-state index in [4.69, 9.17) is 14.9 Å². The van der Waals surface area contributed by atoms with Crippen LogP contribution < -0.4 is 5.73 Å². The second kappa shape index (κ2) is 4.11. The van der Waals surface area contributed by atoms with E-state index in [-0.39, 0.29) is 5.92 Å². The Balaban J connectivity index is 2.08. The van der Waals surface area contributed by atoms with E-state index in [1.54, 1.807) is 6.20 Å². The molecule has 0 bridgehead atoms. The van der Waals surface area contributed by atoms with Crippen LogP contribution in [0.2, 0.25) is 0 Å². The van der Waals surface area contributed by atoms with Gasteiger partial charge in [-0.15, -0.1) is 0 Å². The fraction of sp³-hybridized carbons (Fsp3) is 0.700. The summed E-state index contributed by atoms with van der Waals surface area (Å²) < 4.78 is 10.9. The zero-order valence-electron chi connectivity index (χ0n) is 8.40. The first kappa shape index (κ1) is 9.68. The predicted octanol–water partition coefficient (Wildman–Crippen LogP) is 1.24. The Morgan fingerprint density at radius 1 is 1.71 bits per heavy atom. The van der Waals surface area contributed by atoms with Crippen LogP contribution in [0.4, 0.5) is 0 Å². The lowest BCUT2D eigenvalue weighted by Gasteiger charge is -2.03. The third kappa shape index (κ3) is 1.81. The second-order valence-corrected chi connectivity index (χ2v) is 3.80. The zero-order chi connectivity index (χ0) is 9.97. The van der Waals surface area contributed by atoms with E-state index in [0.29, 0.717) is 12.5 Å². The lowest BCUT2D eigenvalue weighted by molar-refractivity contribution is 0.190. The van der Waals surface area contributed by atoms with E-state index < -0.39 is 0 Å². The molecule has 4 heteroatoms. The van der Waals surface area contributed by atoms with Gasteiger partial charge in [-0.2, -0.15) is 0 Å². The van der Waals surface area contributed by atoms with E-state index in [1.165, 1.54) is 0 Å². The van der Waals surface area contributed by atoms with Crippen LogP contribution in [0.1, 0.15) is 36.8 Å². The minimum Gasteiger partial charge on any atom is -0.445 e. The third-order valence-electron chi connectivity index (χ3n) is 2.66. The molecule has 14 heavy (non-hydrogen) atoms. The van der Waals surface area contributed by atoms with Crippen LogP contribution in [0.15, 0.2) is 10.6 Å². The minimum atomic E-state index is 0.249. The quantitative estimate of drug-likeness (QED) is 0.790.